The molecule has 3 rings (SSSR count). The summed E-state index contributed by atoms with van der Waals surface area (Å²) < 4.78 is 11.2. The molecule has 1 aromatic rings. The van der Waals surface area contributed by atoms with Gasteiger partial charge in [-0.2, -0.15) is 0 Å². The van der Waals surface area contributed by atoms with Gasteiger partial charge in [-0.25, -0.2) is 0 Å². The van der Waals surface area contributed by atoms with Gasteiger partial charge in [0, 0.05) is 35.6 Å². The van der Waals surface area contributed by atoms with Gasteiger partial charge in [-0.15, -0.1) is 0 Å². The van der Waals surface area contributed by atoms with Crippen LogP contribution in [0.1, 0.15) is 30.0 Å². The third kappa shape index (κ3) is 2.22. The molecule has 1 fully saturated rings. The van der Waals surface area contributed by atoms with Crippen molar-refractivity contribution in [2.75, 3.05) is 19.8 Å². The van der Waals surface area contributed by atoms with E-state index in [2.05, 4.69) is 0 Å². The molecule has 0 bridgehead atoms. The molecule has 0 saturated carbocycles. The normalized spacial score (nSPS) is 24.4. The molecule has 0 aromatic heterocycles. The van der Waals surface area contributed by atoms with Crippen LogP contribution in [-0.4, -0.2) is 19.8 Å². The first kappa shape index (κ1) is 12.3. The second kappa shape index (κ2) is 5.08. The van der Waals surface area contributed by atoms with Crippen molar-refractivity contribution < 1.29 is 9.47 Å². The predicted molar refractivity (Wildman–Crippen MR) is 71.1 cm³/mol. The molecule has 18 heavy (non-hydrogen) atoms. The molecule has 98 valence electrons. The molecule has 1 saturated heterocycles. The maximum atomic E-state index is 6.39. The summed E-state index contributed by atoms with van der Waals surface area (Å²) in [5, 5.41) is 0.751. The van der Waals surface area contributed by atoms with Gasteiger partial charge in [0.1, 0.15) is 5.75 Å². The molecule has 2 N–H and O–H groups in total. The second-order valence-electron chi connectivity index (χ2n) is 5.08. The van der Waals surface area contributed by atoms with Crippen molar-refractivity contribution >= 4 is 11.6 Å². The van der Waals surface area contributed by atoms with Crippen LogP contribution in [0.4, 0.5) is 0 Å². The molecule has 2 aliphatic heterocycles. The van der Waals surface area contributed by atoms with Gasteiger partial charge in [-0.05, 0) is 30.5 Å². The van der Waals surface area contributed by atoms with Crippen molar-refractivity contribution in [1.29, 1.82) is 0 Å². The maximum Gasteiger partial charge on any atom is 0.127 e. The molecule has 0 spiro atoms. The number of hydrogen-bond acceptors (Lipinski definition) is 3. The summed E-state index contributed by atoms with van der Waals surface area (Å²) in [5.41, 5.74) is 8.62. The lowest BCUT2D eigenvalue weighted by molar-refractivity contribution is 0.0444. The molecule has 1 aromatic carbocycles. The fourth-order valence-electron chi connectivity index (χ4n) is 2.85. The zero-order chi connectivity index (χ0) is 12.5. The highest BCUT2D eigenvalue weighted by atomic mass is 35.5. The first-order valence-corrected chi connectivity index (χ1v) is 6.92. The Labute approximate surface area is 112 Å². The minimum atomic E-state index is -0.0455. The number of rotatable bonds is 2. The van der Waals surface area contributed by atoms with E-state index in [0.29, 0.717) is 5.92 Å². The first-order valence-electron chi connectivity index (χ1n) is 6.54. The van der Waals surface area contributed by atoms with E-state index in [4.69, 9.17) is 26.8 Å². The van der Waals surface area contributed by atoms with E-state index in [1.807, 2.05) is 12.1 Å². The van der Waals surface area contributed by atoms with E-state index in [-0.39, 0.29) is 6.04 Å². The SMILES string of the molecule is NC(c1cc(Cl)cc2c1OCC2)C1CCCOC1. The van der Waals surface area contributed by atoms with Gasteiger partial charge >= 0.3 is 0 Å². The number of hydrogen-bond donors (Lipinski definition) is 1. The number of nitrogens with two attached hydrogens (primary N) is 1. The first-order chi connectivity index (χ1) is 8.75. The van der Waals surface area contributed by atoms with Crippen LogP contribution >= 0.6 is 11.6 Å². The zero-order valence-electron chi connectivity index (χ0n) is 10.3. The van der Waals surface area contributed by atoms with Crippen LogP contribution < -0.4 is 10.5 Å². The van der Waals surface area contributed by atoms with Crippen molar-refractivity contribution in [2.24, 2.45) is 11.7 Å². The third-order valence-corrected chi connectivity index (χ3v) is 4.06. The smallest absolute Gasteiger partial charge is 0.127 e. The molecule has 0 radical (unpaired) electrons. The number of benzene rings is 1. The van der Waals surface area contributed by atoms with Gasteiger partial charge in [0.2, 0.25) is 0 Å². The highest BCUT2D eigenvalue weighted by Gasteiger charge is 2.28. The van der Waals surface area contributed by atoms with Gasteiger partial charge in [0.25, 0.3) is 0 Å². The average molecular weight is 268 g/mol. The Kier molecular flexibility index (Phi) is 3.46. The van der Waals surface area contributed by atoms with Gasteiger partial charge in [-0.1, -0.05) is 11.6 Å². The lowest BCUT2D eigenvalue weighted by Crippen LogP contribution is -2.29. The fourth-order valence-corrected chi connectivity index (χ4v) is 3.10. The molecule has 2 aliphatic rings. The lowest BCUT2D eigenvalue weighted by Gasteiger charge is -2.28. The molecular formula is C14H18ClNO2. The van der Waals surface area contributed by atoms with Crippen LogP contribution in [0, 0.1) is 5.92 Å². The van der Waals surface area contributed by atoms with Crippen molar-refractivity contribution in [3.63, 3.8) is 0 Å². The Balaban J connectivity index is 1.91. The molecule has 3 nitrogen and oxygen atoms in total. The highest BCUT2D eigenvalue weighted by molar-refractivity contribution is 6.30. The standard InChI is InChI=1S/C14H18ClNO2/c15-11-6-9-3-5-18-14(9)12(7-11)13(16)10-2-1-4-17-8-10/h6-7,10,13H,1-5,8,16H2. The molecular weight excluding hydrogens is 250 g/mol. The monoisotopic (exact) mass is 267 g/mol. The Bertz CT molecular complexity index is 444. The van der Waals surface area contributed by atoms with Gasteiger partial charge < -0.3 is 15.2 Å². The predicted octanol–water partition coefficient (Wildman–Crippen LogP) is 2.70. The van der Waals surface area contributed by atoms with Crippen molar-refractivity contribution in [3.05, 3.63) is 28.3 Å². The Morgan fingerprint density at radius 3 is 3.00 bits per heavy atom. The topological polar surface area (TPSA) is 44.5 Å². The van der Waals surface area contributed by atoms with Crippen molar-refractivity contribution in [1.82, 2.24) is 0 Å². The van der Waals surface area contributed by atoms with Crippen LogP contribution in [0.2, 0.25) is 5.02 Å². The van der Waals surface area contributed by atoms with Crippen LogP contribution in [-0.2, 0) is 11.2 Å². The van der Waals surface area contributed by atoms with Crippen LogP contribution in [0.3, 0.4) is 0 Å². The third-order valence-electron chi connectivity index (χ3n) is 3.84. The molecule has 0 amide bonds. The van der Waals surface area contributed by atoms with E-state index in [0.717, 1.165) is 55.4 Å². The van der Waals surface area contributed by atoms with E-state index in [1.165, 1.54) is 5.56 Å². The number of fused-ring (bicyclic) bond motifs is 1. The molecule has 2 atom stereocenters. The van der Waals surface area contributed by atoms with E-state index < -0.39 is 0 Å². The van der Waals surface area contributed by atoms with E-state index >= 15 is 0 Å². The summed E-state index contributed by atoms with van der Waals surface area (Å²) in [6.07, 6.45) is 3.13. The molecule has 4 heteroatoms. The Morgan fingerprint density at radius 2 is 2.22 bits per heavy atom. The summed E-state index contributed by atoms with van der Waals surface area (Å²) in [5.74, 6) is 1.32. The minimum absolute atomic E-state index is 0.0455. The van der Waals surface area contributed by atoms with Crippen LogP contribution in [0.25, 0.3) is 0 Å². The molecule has 0 aliphatic carbocycles. The largest absolute Gasteiger partial charge is 0.493 e. The number of ether oxygens (including phenoxy) is 2. The Hall–Kier alpha value is -0.770. The van der Waals surface area contributed by atoms with Gasteiger partial charge in [-0.3, -0.25) is 0 Å². The van der Waals surface area contributed by atoms with Crippen LogP contribution in [0.15, 0.2) is 12.1 Å². The van der Waals surface area contributed by atoms with Gasteiger partial charge in [0.15, 0.2) is 0 Å². The molecule has 2 unspecified atom stereocenters. The fraction of sp³-hybridized carbons (Fsp3) is 0.571. The zero-order valence-corrected chi connectivity index (χ0v) is 11.1. The highest BCUT2D eigenvalue weighted by Crippen LogP contribution is 2.39. The Morgan fingerprint density at radius 1 is 1.33 bits per heavy atom. The van der Waals surface area contributed by atoms with Crippen molar-refractivity contribution in [2.45, 2.75) is 25.3 Å². The summed E-state index contributed by atoms with van der Waals surface area (Å²) in [6, 6.07) is 3.89. The maximum absolute atomic E-state index is 6.39. The summed E-state index contributed by atoms with van der Waals surface area (Å²) in [4.78, 5) is 0. The molecule has 2 heterocycles. The van der Waals surface area contributed by atoms with Crippen LogP contribution in [0.5, 0.6) is 5.75 Å². The summed E-state index contributed by atoms with van der Waals surface area (Å²) in [7, 11) is 0. The quantitative estimate of drug-likeness (QED) is 0.896. The number of halogens is 1. The average Bonchev–Trinajstić information content (AvgIpc) is 2.86. The van der Waals surface area contributed by atoms with Crippen molar-refractivity contribution in [3.8, 4) is 5.75 Å². The van der Waals surface area contributed by atoms with Gasteiger partial charge in [0.05, 0.1) is 13.2 Å². The summed E-state index contributed by atoms with van der Waals surface area (Å²) >= 11 is 6.17. The minimum Gasteiger partial charge on any atom is -0.493 e. The second-order valence-corrected chi connectivity index (χ2v) is 5.52. The summed E-state index contributed by atoms with van der Waals surface area (Å²) in [6.45, 7) is 2.33. The van der Waals surface area contributed by atoms with E-state index in [1.54, 1.807) is 0 Å². The van der Waals surface area contributed by atoms with E-state index in [9.17, 15) is 0 Å². The lowest BCUT2D eigenvalue weighted by atomic mass is 9.88.